The summed E-state index contributed by atoms with van der Waals surface area (Å²) in [6, 6.07) is 7.50. The van der Waals surface area contributed by atoms with E-state index in [2.05, 4.69) is 15.3 Å². The predicted molar refractivity (Wildman–Crippen MR) is 56.1 cm³/mol. The maximum absolute atomic E-state index is 12.6. The number of nitrogens with two attached hydrogens (primary N) is 1. The molecule has 0 aliphatic heterocycles. The van der Waals surface area contributed by atoms with Gasteiger partial charge in [0.1, 0.15) is 11.6 Å². The lowest BCUT2D eigenvalue weighted by molar-refractivity contribution is 0.628. The van der Waals surface area contributed by atoms with Gasteiger partial charge in [-0.25, -0.2) is 9.37 Å². The van der Waals surface area contributed by atoms with Crippen LogP contribution in [0.25, 0.3) is 0 Å². The van der Waals surface area contributed by atoms with Gasteiger partial charge in [0.2, 0.25) is 5.95 Å². The lowest BCUT2D eigenvalue weighted by Gasteiger charge is -2.04. The Bertz CT molecular complexity index is 455. The van der Waals surface area contributed by atoms with Crippen LogP contribution >= 0.6 is 0 Å². The van der Waals surface area contributed by atoms with E-state index in [4.69, 9.17) is 5.73 Å². The second kappa shape index (κ2) is 3.91. The third-order valence-corrected chi connectivity index (χ3v) is 1.78. The summed E-state index contributed by atoms with van der Waals surface area (Å²) < 4.78 is 12.6. The third kappa shape index (κ3) is 2.40. The first-order chi connectivity index (χ1) is 7.24. The summed E-state index contributed by atoms with van der Waals surface area (Å²) in [5, 5.41) is 2.90. The molecule has 1 heterocycles. The predicted octanol–water partition coefficient (Wildman–Crippen LogP) is 1.94. The summed E-state index contributed by atoms with van der Waals surface area (Å²) >= 11 is 0. The van der Waals surface area contributed by atoms with Gasteiger partial charge in [-0.2, -0.15) is 4.98 Å². The van der Waals surface area contributed by atoms with Crippen molar-refractivity contribution in [2.75, 3.05) is 11.1 Å². The van der Waals surface area contributed by atoms with E-state index in [0.29, 0.717) is 17.5 Å². The number of benzene rings is 1. The van der Waals surface area contributed by atoms with Crippen LogP contribution in [-0.4, -0.2) is 9.97 Å². The van der Waals surface area contributed by atoms with Gasteiger partial charge >= 0.3 is 0 Å². The maximum Gasteiger partial charge on any atom is 0.229 e. The molecule has 0 unspecified atom stereocenters. The Morgan fingerprint density at radius 1 is 1.13 bits per heavy atom. The average molecular weight is 204 g/mol. The van der Waals surface area contributed by atoms with E-state index in [0.717, 1.165) is 0 Å². The highest BCUT2D eigenvalue weighted by atomic mass is 19.1. The van der Waals surface area contributed by atoms with Crippen molar-refractivity contribution in [2.45, 2.75) is 0 Å². The van der Waals surface area contributed by atoms with Gasteiger partial charge in [0, 0.05) is 11.9 Å². The molecule has 5 heteroatoms. The van der Waals surface area contributed by atoms with Gasteiger partial charge in [0.25, 0.3) is 0 Å². The molecule has 0 saturated carbocycles. The van der Waals surface area contributed by atoms with Gasteiger partial charge in [0.05, 0.1) is 0 Å². The smallest absolute Gasteiger partial charge is 0.229 e. The van der Waals surface area contributed by atoms with E-state index in [9.17, 15) is 4.39 Å². The van der Waals surface area contributed by atoms with Crippen LogP contribution in [0.3, 0.4) is 0 Å². The zero-order valence-corrected chi connectivity index (χ0v) is 7.81. The van der Waals surface area contributed by atoms with Crippen LogP contribution in [0.4, 0.5) is 21.8 Å². The fraction of sp³-hybridized carbons (Fsp3) is 0. The molecule has 0 aliphatic rings. The van der Waals surface area contributed by atoms with Gasteiger partial charge in [-0.3, -0.25) is 0 Å². The average Bonchev–Trinajstić information content (AvgIpc) is 2.22. The number of rotatable bonds is 2. The topological polar surface area (TPSA) is 63.8 Å². The zero-order chi connectivity index (χ0) is 10.7. The van der Waals surface area contributed by atoms with Gasteiger partial charge in [-0.15, -0.1) is 0 Å². The van der Waals surface area contributed by atoms with Crippen molar-refractivity contribution >= 4 is 17.5 Å². The number of nitrogens with one attached hydrogen (secondary N) is 1. The van der Waals surface area contributed by atoms with Crippen LogP contribution in [-0.2, 0) is 0 Å². The van der Waals surface area contributed by atoms with E-state index >= 15 is 0 Å². The maximum atomic E-state index is 12.6. The first-order valence-corrected chi connectivity index (χ1v) is 4.35. The summed E-state index contributed by atoms with van der Waals surface area (Å²) in [5.74, 6) is 0.491. The summed E-state index contributed by atoms with van der Waals surface area (Å²) in [6.07, 6.45) is 1.55. The normalized spacial score (nSPS) is 9.93. The standard InChI is InChI=1S/C10H9FN4/c11-7-1-3-8(4-2-7)14-10-13-6-5-9(12)15-10/h1-6H,(H3,12,13,14,15). The second-order valence-corrected chi connectivity index (χ2v) is 2.94. The molecular formula is C10H9FN4. The van der Waals surface area contributed by atoms with Crippen molar-refractivity contribution in [3.05, 3.63) is 42.3 Å². The van der Waals surface area contributed by atoms with Crippen LogP contribution in [0.1, 0.15) is 0 Å². The van der Waals surface area contributed by atoms with Crippen molar-refractivity contribution in [3.8, 4) is 0 Å². The van der Waals surface area contributed by atoms with Gasteiger partial charge in [-0.1, -0.05) is 0 Å². The van der Waals surface area contributed by atoms with Crippen molar-refractivity contribution in [1.29, 1.82) is 0 Å². The first-order valence-electron chi connectivity index (χ1n) is 4.35. The number of aromatic nitrogens is 2. The first kappa shape index (κ1) is 9.39. The lowest BCUT2D eigenvalue weighted by atomic mass is 10.3. The van der Waals surface area contributed by atoms with Crippen LogP contribution in [0, 0.1) is 5.82 Å². The van der Waals surface area contributed by atoms with E-state index in [-0.39, 0.29) is 5.82 Å². The van der Waals surface area contributed by atoms with Crippen molar-refractivity contribution in [2.24, 2.45) is 0 Å². The fourth-order valence-electron chi connectivity index (χ4n) is 1.10. The minimum atomic E-state index is -0.283. The molecule has 1 aromatic carbocycles. The van der Waals surface area contributed by atoms with Crippen LogP contribution in [0.5, 0.6) is 0 Å². The number of anilines is 3. The van der Waals surface area contributed by atoms with E-state index in [1.165, 1.54) is 12.1 Å². The molecule has 1 aromatic heterocycles. The van der Waals surface area contributed by atoms with Gasteiger partial charge < -0.3 is 11.1 Å². The molecule has 0 saturated heterocycles. The molecule has 4 nitrogen and oxygen atoms in total. The molecule has 0 fully saturated rings. The number of nitrogen functional groups attached to an aromatic ring is 1. The molecule has 0 atom stereocenters. The molecular weight excluding hydrogens is 195 g/mol. The number of hydrogen-bond acceptors (Lipinski definition) is 4. The highest BCUT2D eigenvalue weighted by molar-refractivity contribution is 5.53. The third-order valence-electron chi connectivity index (χ3n) is 1.78. The Morgan fingerprint density at radius 3 is 2.53 bits per heavy atom. The molecule has 0 bridgehead atoms. The molecule has 76 valence electrons. The molecule has 0 spiro atoms. The van der Waals surface area contributed by atoms with Crippen LogP contribution < -0.4 is 11.1 Å². The number of halogens is 1. The monoisotopic (exact) mass is 204 g/mol. The summed E-state index contributed by atoms with van der Waals surface area (Å²) in [7, 11) is 0. The molecule has 3 N–H and O–H groups in total. The highest BCUT2D eigenvalue weighted by Crippen LogP contribution is 2.13. The Morgan fingerprint density at radius 2 is 1.87 bits per heavy atom. The largest absolute Gasteiger partial charge is 0.384 e. The number of hydrogen-bond donors (Lipinski definition) is 2. The molecule has 2 rings (SSSR count). The minimum Gasteiger partial charge on any atom is -0.384 e. The van der Waals surface area contributed by atoms with E-state index in [1.807, 2.05) is 0 Å². The van der Waals surface area contributed by atoms with Gasteiger partial charge in [-0.05, 0) is 30.3 Å². The van der Waals surface area contributed by atoms with Crippen LogP contribution in [0.15, 0.2) is 36.5 Å². The minimum absolute atomic E-state index is 0.283. The molecule has 0 radical (unpaired) electrons. The fourth-order valence-corrected chi connectivity index (χ4v) is 1.10. The van der Waals surface area contributed by atoms with Crippen LogP contribution in [0.2, 0.25) is 0 Å². The SMILES string of the molecule is Nc1ccnc(Nc2ccc(F)cc2)n1. The molecule has 0 aliphatic carbocycles. The molecule has 2 aromatic rings. The molecule has 0 amide bonds. The second-order valence-electron chi connectivity index (χ2n) is 2.94. The molecule has 15 heavy (non-hydrogen) atoms. The number of nitrogens with zero attached hydrogens (tertiary/aromatic N) is 2. The summed E-state index contributed by atoms with van der Waals surface area (Å²) in [4.78, 5) is 7.91. The Labute approximate surface area is 86.0 Å². The van der Waals surface area contributed by atoms with Crippen molar-refractivity contribution < 1.29 is 4.39 Å². The Hall–Kier alpha value is -2.17. The Kier molecular flexibility index (Phi) is 2.45. The van der Waals surface area contributed by atoms with E-state index < -0.39 is 0 Å². The van der Waals surface area contributed by atoms with Crippen molar-refractivity contribution in [1.82, 2.24) is 9.97 Å². The summed E-state index contributed by atoms with van der Waals surface area (Å²) in [5.41, 5.74) is 6.20. The highest BCUT2D eigenvalue weighted by Gasteiger charge is 1.97. The lowest BCUT2D eigenvalue weighted by Crippen LogP contribution is -1.99. The summed E-state index contributed by atoms with van der Waals surface area (Å²) in [6.45, 7) is 0. The van der Waals surface area contributed by atoms with Gasteiger partial charge in [0.15, 0.2) is 0 Å². The van der Waals surface area contributed by atoms with Crippen molar-refractivity contribution in [3.63, 3.8) is 0 Å². The quantitative estimate of drug-likeness (QED) is 0.784. The zero-order valence-electron chi connectivity index (χ0n) is 7.81. The van der Waals surface area contributed by atoms with E-state index in [1.54, 1.807) is 24.4 Å². The Balaban J connectivity index is 2.18.